The Labute approximate surface area is 84.8 Å². The minimum absolute atomic E-state index is 0.0469. The van der Waals surface area contributed by atoms with Crippen LogP contribution in [0, 0.1) is 0 Å². The SMILES string of the molecule is CCN(CCCO)C(=O)COCCN. The van der Waals surface area contributed by atoms with Crippen LogP contribution < -0.4 is 5.73 Å². The Morgan fingerprint density at radius 3 is 2.79 bits per heavy atom. The molecule has 0 aliphatic carbocycles. The number of ether oxygens (including phenoxy) is 1. The highest BCUT2D eigenvalue weighted by Gasteiger charge is 2.10. The van der Waals surface area contributed by atoms with E-state index in [0.29, 0.717) is 32.7 Å². The van der Waals surface area contributed by atoms with Crippen LogP contribution in [0.15, 0.2) is 0 Å². The lowest BCUT2D eigenvalue weighted by atomic mass is 10.4. The van der Waals surface area contributed by atoms with Crippen molar-refractivity contribution in [3.63, 3.8) is 0 Å². The van der Waals surface area contributed by atoms with Gasteiger partial charge in [-0.05, 0) is 13.3 Å². The minimum atomic E-state index is -0.0469. The Morgan fingerprint density at radius 2 is 2.29 bits per heavy atom. The molecule has 0 heterocycles. The summed E-state index contributed by atoms with van der Waals surface area (Å²) in [4.78, 5) is 13.1. The summed E-state index contributed by atoms with van der Waals surface area (Å²) in [6.07, 6.45) is 0.608. The van der Waals surface area contributed by atoms with Crippen molar-refractivity contribution in [1.29, 1.82) is 0 Å². The van der Waals surface area contributed by atoms with E-state index in [4.69, 9.17) is 15.6 Å². The summed E-state index contributed by atoms with van der Waals surface area (Å²) >= 11 is 0. The fourth-order valence-corrected chi connectivity index (χ4v) is 1.05. The maximum Gasteiger partial charge on any atom is 0.248 e. The highest BCUT2D eigenvalue weighted by molar-refractivity contribution is 5.77. The summed E-state index contributed by atoms with van der Waals surface area (Å²) in [5, 5.41) is 8.62. The molecule has 0 saturated heterocycles. The number of nitrogens with two attached hydrogens (primary N) is 1. The zero-order valence-electron chi connectivity index (χ0n) is 8.74. The van der Waals surface area contributed by atoms with E-state index in [9.17, 15) is 4.79 Å². The average molecular weight is 204 g/mol. The fourth-order valence-electron chi connectivity index (χ4n) is 1.05. The molecule has 0 aliphatic heterocycles. The maximum atomic E-state index is 11.4. The molecule has 1 amide bonds. The minimum Gasteiger partial charge on any atom is -0.396 e. The van der Waals surface area contributed by atoms with Gasteiger partial charge in [0, 0.05) is 26.2 Å². The summed E-state index contributed by atoms with van der Waals surface area (Å²) in [7, 11) is 0. The van der Waals surface area contributed by atoms with Gasteiger partial charge in [-0.2, -0.15) is 0 Å². The Kier molecular flexibility index (Phi) is 8.51. The number of aliphatic hydroxyl groups is 1. The molecule has 0 bridgehead atoms. The first kappa shape index (κ1) is 13.4. The van der Waals surface area contributed by atoms with E-state index < -0.39 is 0 Å². The van der Waals surface area contributed by atoms with Crippen molar-refractivity contribution >= 4 is 5.91 Å². The summed E-state index contributed by atoms with van der Waals surface area (Å²) in [5.41, 5.74) is 5.22. The van der Waals surface area contributed by atoms with Gasteiger partial charge in [-0.25, -0.2) is 0 Å². The third kappa shape index (κ3) is 5.90. The van der Waals surface area contributed by atoms with Crippen LogP contribution in [0.5, 0.6) is 0 Å². The lowest BCUT2D eigenvalue weighted by Gasteiger charge is -2.20. The number of rotatable bonds is 8. The normalized spacial score (nSPS) is 10.2. The number of nitrogens with zero attached hydrogens (tertiary/aromatic N) is 1. The average Bonchev–Trinajstić information content (AvgIpc) is 2.19. The van der Waals surface area contributed by atoms with Gasteiger partial charge in [-0.3, -0.25) is 4.79 Å². The van der Waals surface area contributed by atoms with Crippen LogP contribution in [0.3, 0.4) is 0 Å². The van der Waals surface area contributed by atoms with Gasteiger partial charge in [0.2, 0.25) is 5.91 Å². The van der Waals surface area contributed by atoms with Crippen molar-refractivity contribution in [2.45, 2.75) is 13.3 Å². The molecule has 0 radical (unpaired) electrons. The molecule has 5 nitrogen and oxygen atoms in total. The topological polar surface area (TPSA) is 75.8 Å². The smallest absolute Gasteiger partial charge is 0.248 e. The van der Waals surface area contributed by atoms with Gasteiger partial charge < -0.3 is 20.5 Å². The second-order valence-corrected chi connectivity index (χ2v) is 2.89. The Hall–Kier alpha value is -0.650. The Bertz CT molecular complexity index is 153. The molecule has 5 heteroatoms. The Balaban J connectivity index is 3.67. The first-order valence-corrected chi connectivity index (χ1v) is 4.92. The number of likely N-dealkylation sites (N-methyl/N-ethyl adjacent to an activating group) is 1. The molecule has 0 aromatic carbocycles. The molecule has 0 saturated carbocycles. The molecule has 0 spiro atoms. The van der Waals surface area contributed by atoms with Gasteiger partial charge in [-0.15, -0.1) is 0 Å². The van der Waals surface area contributed by atoms with E-state index >= 15 is 0 Å². The number of aliphatic hydroxyl groups excluding tert-OH is 1. The third-order valence-corrected chi connectivity index (χ3v) is 1.81. The predicted molar refractivity (Wildman–Crippen MR) is 53.8 cm³/mol. The van der Waals surface area contributed by atoms with Gasteiger partial charge in [0.25, 0.3) is 0 Å². The molecule has 3 N–H and O–H groups in total. The molecule has 0 aliphatic rings. The molecule has 0 unspecified atom stereocenters. The first-order valence-electron chi connectivity index (χ1n) is 4.92. The van der Waals surface area contributed by atoms with E-state index in [1.165, 1.54) is 0 Å². The van der Waals surface area contributed by atoms with Crippen molar-refractivity contribution < 1.29 is 14.6 Å². The monoisotopic (exact) mass is 204 g/mol. The lowest BCUT2D eigenvalue weighted by molar-refractivity contribution is -0.136. The van der Waals surface area contributed by atoms with E-state index in [1.807, 2.05) is 6.92 Å². The van der Waals surface area contributed by atoms with Crippen LogP contribution in [-0.4, -0.2) is 55.4 Å². The molecule has 0 fully saturated rings. The molecular formula is C9H20N2O3. The van der Waals surface area contributed by atoms with Crippen LogP contribution >= 0.6 is 0 Å². The second-order valence-electron chi connectivity index (χ2n) is 2.89. The fraction of sp³-hybridized carbons (Fsp3) is 0.889. The van der Waals surface area contributed by atoms with Crippen LogP contribution in [0.25, 0.3) is 0 Å². The van der Waals surface area contributed by atoms with Gasteiger partial charge in [-0.1, -0.05) is 0 Å². The summed E-state index contributed by atoms with van der Waals surface area (Å²) < 4.78 is 5.03. The summed E-state index contributed by atoms with van der Waals surface area (Å²) in [6, 6.07) is 0. The zero-order chi connectivity index (χ0) is 10.8. The summed E-state index contributed by atoms with van der Waals surface area (Å²) in [6.45, 7) is 4.14. The molecule has 14 heavy (non-hydrogen) atoms. The number of carbonyl (C=O) groups excluding carboxylic acids is 1. The number of amides is 1. The first-order chi connectivity index (χ1) is 6.76. The van der Waals surface area contributed by atoms with E-state index in [1.54, 1.807) is 4.90 Å². The molecule has 0 rings (SSSR count). The summed E-state index contributed by atoms with van der Waals surface area (Å²) in [5.74, 6) is -0.0469. The van der Waals surface area contributed by atoms with Gasteiger partial charge in [0.05, 0.1) is 6.61 Å². The van der Waals surface area contributed by atoms with Gasteiger partial charge in [0.1, 0.15) is 6.61 Å². The van der Waals surface area contributed by atoms with Crippen LogP contribution in [-0.2, 0) is 9.53 Å². The molecule has 0 atom stereocenters. The quantitative estimate of drug-likeness (QED) is 0.507. The van der Waals surface area contributed by atoms with Crippen molar-refractivity contribution in [2.75, 3.05) is 39.5 Å². The Morgan fingerprint density at radius 1 is 1.57 bits per heavy atom. The highest BCUT2D eigenvalue weighted by Crippen LogP contribution is 1.93. The number of hydrogen-bond acceptors (Lipinski definition) is 4. The van der Waals surface area contributed by atoms with Gasteiger partial charge >= 0.3 is 0 Å². The molecule has 84 valence electrons. The maximum absolute atomic E-state index is 11.4. The van der Waals surface area contributed by atoms with Gasteiger partial charge in [0.15, 0.2) is 0 Å². The number of carbonyl (C=O) groups is 1. The third-order valence-electron chi connectivity index (χ3n) is 1.81. The van der Waals surface area contributed by atoms with E-state index in [-0.39, 0.29) is 19.1 Å². The van der Waals surface area contributed by atoms with Crippen molar-refractivity contribution in [2.24, 2.45) is 5.73 Å². The standard InChI is InChI=1S/C9H20N2O3/c1-2-11(5-3-6-12)9(13)8-14-7-4-10/h12H,2-8,10H2,1H3. The number of hydrogen-bond donors (Lipinski definition) is 2. The van der Waals surface area contributed by atoms with Crippen LogP contribution in [0.2, 0.25) is 0 Å². The lowest BCUT2D eigenvalue weighted by Crippen LogP contribution is -2.35. The van der Waals surface area contributed by atoms with Crippen LogP contribution in [0.4, 0.5) is 0 Å². The molecular weight excluding hydrogens is 184 g/mol. The van der Waals surface area contributed by atoms with Crippen molar-refractivity contribution in [3.05, 3.63) is 0 Å². The van der Waals surface area contributed by atoms with E-state index in [2.05, 4.69) is 0 Å². The highest BCUT2D eigenvalue weighted by atomic mass is 16.5. The molecule has 0 aromatic heterocycles. The van der Waals surface area contributed by atoms with Crippen LogP contribution in [0.1, 0.15) is 13.3 Å². The van der Waals surface area contributed by atoms with E-state index in [0.717, 1.165) is 0 Å². The zero-order valence-corrected chi connectivity index (χ0v) is 8.74. The van der Waals surface area contributed by atoms with Crippen molar-refractivity contribution in [1.82, 2.24) is 4.90 Å². The molecule has 0 aromatic rings. The largest absolute Gasteiger partial charge is 0.396 e. The predicted octanol–water partition coefficient (Wildman–Crippen LogP) is -0.807. The van der Waals surface area contributed by atoms with Crippen molar-refractivity contribution in [3.8, 4) is 0 Å². The second kappa shape index (κ2) is 8.93.